The summed E-state index contributed by atoms with van der Waals surface area (Å²) in [4.78, 5) is 0. The van der Waals surface area contributed by atoms with Gasteiger partial charge in [0.2, 0.25) is 0 Å². The minimum atomic E-state index is 0.690. The molecule has 1 heterocycles. The van der Waals surface area contributed by atoms with Crippen LogP contribution in [0.3, 0.4) is 0 Å². The SMILES string of the molecule is Clc1ccc2c(c1)N=NN(Br)C2. The van der Waals surface area contributed by atoms with E-state index in [1.807, 2.05) is 12.1 Å². The van der Waals surface area contributed by atoms with Crippen molar-refractivity contribution in [3.63, 3.8) is 0 Å². The Labute approximate surface area is 83.3 Å². The average molecular weight is 246 g/mol. The molecule has 0 radical (unpaired) electrons. The van der Waals surface area contributed by atoms with Crippen LogP contribution < -0.4 is 0 Å². The molecule has 0 unspecified atom stereocenters. The highest BCUT2D eigenvalue weighted by Crippen LogP contribution is 2.29. The molecule has 0 fully saturated rings. The van der Waals surface area contributed by atoms with E-state index in [2.05, 4.69) is 26.5 Å². The molecule has 0 atom stereocenters. The van der Waals surface area contributed by atoms with E-state index in [1.165, 1.54) is 0 Å². The summed E-state index contributed by atoms with van der Waals surface area (Å²) < 4.78 is 1.60. The van der Waals surface area contributed by atoms with Crippen LogP contribution in [0.1, 0.15) is 5.56 Å². The number of benzene rings is 1. The summed E-state index contributed by atoms with van der Waals surface area (Å²) in [6.07, 6.45) is 0. The second-order valence-corrected chi connectivity index (χ2v) is 3.71. The zero-order valence-electron chi connectivity index (χ0n) is 6.04. The molecular formula is C7H5BrClN3. The van der Waals surface area contributed by atoms with Gasteiger partial charge >= 0.3 is 0 Å². The van der Waals surface area contributed by atoms with Crippen molar-refractivity contribution in [1.29, 1.82) is 0 Å². The highest BCUT2D eigenvalue weighted by Gasteiger charge is 2.10. The number of nitrogens with zero attached hydrogens (tertiary/aromatic N) is 3. The zero-order valence-corrected chi connectivity index (χ0v) is 8.38. The van der Waals surface area contributed by atoms with Crippen LogP contribution in [0.25, 0.3) is 0 Å². The zero-order chi connectivity index (χ0) is 8.55. The minimum absolute atomic E-state index is 0.690. The topological polar surface area (TPSA) is 28.0 Å². The molecule has 1 aromatic rings. The molecule has 0 aliphatic carbocycles. The van der Waals surface area contributed by atoms with Crippen molar-refractivity contribution < 1.29 is 0 Å². The molecule has 1 aliphatic heterocycles. The van der Waals surface area contributed by atoms with Crippen LogP contribution in [0.4, 0.5) is 5.69 Å². The van der Waals surface area contributed by atoms with Crippen LogP contribution in [-0.2, 0) is 6.54 Å². The summed E-state index contributed by atoms with van der Waals surface area (Å²) >= 11 is 9.00. The number of fused-ring (bicyclic) bond motifs is 1. The molecule has 1 aliphatic rings. The number of hydrogen-bond donors (Lipinski definition) is 0. The van der Waals surface area contributed by atoms with Gasteiger partial charge in [0.05, 0.1) is 28.4 Å². The van der Waals surface area contributed by atoms with E-state index in [0.29, 0.717) is 5.02 Å². The monoisotopic (exact) mass is 245 g/mol. The van der Waals surface area contributed by atoms with E-state index in [4.69, 9.17) is 11.6 Å². The Morgan fingerprint density at radius 1 is 1.50 bits per heavy atom. The maximum atomic E-state index is 5.79. The molecule has 1 aromatic carbocycles. The fourth-order valence-corrected chi connectivity index (χ4v) is 1.54. The third-order valence-corrected chi connectivity index (χ3v) is 2.23. The highest BCUT2D eigenvalue weighted by atomic mass is 79.9. The Morgan fingerprint density at radius 3 is 3.17 bits per heavy atom. The van der Waals surface area contributed by atoms with Crippen molar-refractivity contribution in [3.8, 4) is 0 Å². The molecule has 3 nitrogen and oxygen atoms in total. The minimum Gasteiger partial charge on any atom is -0.207 e. The van der Waals surface area contributed by atoms with Crippen LogP contribution in [-0.4, -0.2) is 4.03 Å². The van der Waals surface area contributed by atoms with Crippen LogP contribution >= 0.6 is 27.7 Å². The lowest BCUT2D eigenvalue weighted by Gasteiger charge is -2.15. The molecule has 0 aromatic heterocycles. The van der Waals surface area contributed by atoms with Crippen molar-refractivity contribution in [1.82, 2.24) is 4.03 Å². The first-order valence-electron chi connectivity index (χ1n) is 3.39. The van der Waals surface area contributed by atoms with Crippen molar-refractivity contribution in [2.45, 2.75) is 6.54 Å². The van der Waals surface area contributed by atoms with E-state index in [9.17, 15) is 0 Å². The smallest absolute Gasteiger partial charge is 0.0940 e. The Morgan fingerprint density at radius 2 is 2.33 bits per heavy atom. The van der Waals surface area contributed by atoms with Crippen molar-refractivity contribution >= 4 is 33.4 Å². The van der Waals surface area contributed by atoms with Gasteiger partial charge in [0.25, 0.3) is 0 Å². The summed E-state index contributed by atoms with van der Waals surface area (Å²) in [6.45, 7) is 0.718. The summed E-state index contributed by atoms with van der Waals surface area (Å²) in [5.74, 6) is 0. The molecule has 0 spiro atoms. The molecule has 0 saturated heterocycles. The first-order chi connectivity index (χ1) is 5.75. The van der Waals surface area contributed by atoms with Gasteiger partial charge in [-0.3, -0.25) is 0 Å². The van der Waals surface area contributed by atoms with E-state index < -0.39 is 0 Å². The van der Waals surface area contributed by atoms with Gasteiger partial charge in [0, 0.05) is 10.6 Å². The molecule has 12 heavy (non-hydrogen) atoms. The lowest BCUT2D eigenvalue weighted by Crippen LogP contribution is -2.05. The standard InChI is InChI=1S/C7H5BrClN3/c8-12-4-5-1-2-6(9)3-7(5)10-11-12/h1-3H,4H2. The summed E-state index contributed by atoms with van der Waals surface area (Å²) in [5.41, 5.74) is 1.96. The molecule has 2 rings (SSSR count). The fraction of sp³-hybridized carbons (Fsp3) is 0.143. The average Bonchev–Trinajstić information content (AvgIpc) is 2.05. The molecule has 5 heteroatoms. The Bertz CT molecular complexity index is 339. The molecule has 0 N–H and O–H groups in total. The normalized spacial score (nSPS) is 14.7. The predicted octanol–water partition coefficient (Wildman–Crippen LogP) is 3.46. The highest BCUT2D eigenvalue weighted by molar-refractivity contribution is 9.07. The number of hydrogen-bond acceptors (Lipinski definition) is 3. The number of halogens is 2. The van der Waals surface area contributed by atoms with Crippen LogP contribution in [0.15, 0.2) is 28.5 Å². The largest absolute Gasteiger partial charge is 0.207 e. The van der Waals surface area contributed by atoms with Crippen molar-refractivity contribution in [2.24, 2.45) is 10.3 Å². The van der Waals surface area contributed by atoms with Gasteiger partial charge in [-0.2, -0.15) is 0 Å². The van der Waals surface area contributed by atoms with E-state index >= 15 is 0 Å². The quantitative estimate of drug-likeness (QED) is 0.644. The fourth-order valence-electron chi connectivity index (χ4n) is 1.03. The van der Waals surface area contributed by atoms with E-state index in [-0.39, 0.29) is 0 Å². The summed E-state index contributed by atoms with van der Waals surface area (Å²) in [6, 6.07) is 5.60. The molecular weight excluding hydrogens is 241 g/mol. The van der Waals surface area contributed by atoms with E-state index in [0.717, 1.165) is 17.8 Å². The first-order valence-corrected chi connectivity index (χ1v) is 4.48. The van der Waals surface area contributed by atoms with Gasteiger partial charge in [0.1, 0.15) is 0 Å². The predicted molar refractivity (Wildman–Crippen MR) is 50.4 cm³/mol. The Kier molecular flexibility index (Phi) is 2.02. The van der Waals surface area contributed by atoms with Gasteiger partial charge in [-0.05, 0) is 12.1 Å². The Hall–Kier alpha value is -0.610. The first kappa shape index (κ1) is 8.01. The van der Waals surface area contributed by atoms with Gasteiger partial charge < -0.3 is 0 Å². The van der Waals surface area contributed by atoms with Crippen LogP contribution in [0, 0.1) is 0 Å². The summed E-state index contributed by atoms with van der Waals surface area (Å²) in [5, 5.41) is 8.47. The lowest BCUT2D eigenvalue weighted by molar-refractivity contribution is 0.470. The summed E-state index contributed by atoms with van der Waals surface area (Å²) in [7, 11) is 0. The maximum Gasteiger partial charge on any atom is 0.0940 e. The molecule has 0 saturated carbocycles. The van der Waals surface area contributed by atoms with Crippen LogP contribution in [0.5, 0.6) is 0 Å². The van der Waals surface area contributed by atoms with Gasteiger partial charge in [-0.25, -0.2) is 4.03 Å². The molecule has 0 amide bonds. The Balaban J connectivity index is 2.47. The van der Waals surface area contributed by atoms with Gasteiger partial charge in [-0.15, -0.1) is 5.11 Å². The second kappa shape index (κ2) is 3.03. The van der Waals surface area contributed by atoms with Crippen molar-refractivity contribution in [3.05, 3.63) is 28.8 Å². The third kappa shape index (κ3) is 1.44. The third-order valence-electron chi connectivity index (χ3n) is 1.60. The van der Waals surface area contributed by atoms with Crippen LogP contribution in [0.2, 0.25) is 5.02 Å². The van der Waals surface area contributed by atoms with E-state index in [1.54, 1.807) is 10.1 Å². The maximum absolute atomic E-state index is 5.79. The molecule has 62 valence electrons. The lowest BCUT2D eigenvalue weighted by atomic mass is 10.2. The number of rotatable bonds is 0. The van der Waals surface area contributed by atoms with Crippen molar-refractivity contribution in [2.75, 3.05) is 0 Å². The van der Waals surface area contributed by atoms with Gasteiger partial charge in [-0.1, -0.05) is 22.9 Å². The van der Waals surface area contributed by atoms with Gasteiger partial charge in [0.15, 0.2) is 0 Å². The molecule has 0 bridgehead atoms. The second-order valence-electron chi connectivity index (χ2n) is 2.46.